The van der Waals surface area contributed by atoms with E-state index in [9.17, 15) is 0 Å². The van der Waals surface area contributed by atoms with E-state index in [2.05, 4.69) is 45.3 Å². The van der Waals surface area contributed by atoms with Crippen molar-refractivity contribution in [3.8, 4) is 11.5 Å². The van der Waals surface area contributed by atoms with Gasteiger partial charge < -0.3 is 4.98 Å². The van der Waals surface area contributed by atoms with E-state index in [1.54, 1.807) is 6.20 Å². The molecule has 4 aromatic rings. The maximum absolute atomic E-state index is 4.86. The van der Waals surface area contributed by atoms with Crippen molar-refractivity contribution in [1.29, 1.82) is 0 Å². The van der Waals surface area contributed by atoms with Crippen molar-refractivity contribution >= 4 is 16.5 Å². The van der Waals surface area contributed by atoms with Crippen molar-refractivity contribution in [3.63, 3.8) is 0 Å². The van der Waals surface area contributed by atoms with Gasteiger partial charge in [-0.3, -0.25) is 10.1 Å². The maximum atomic E-state index is 4.86. The standard InChI is InChI=1S/C20H19N5/c1-3-7-15(14-8-6-11-21-12-14)18-13(2)22-20(23-18)19-16-9-4-5-10-17(16)24-25-19/h4-12H,3H2,1-2H3,(H,22,23)(H,24,25)/b15-7-. The molecule has 5 nitrogen and oxygen atoms in total. The average molecular weight is 329 g/mol. The normalized spacial score (nSPS) is 12.0. The summed E-state index contributed by atoms with van der Waals surface area (Å²) < 4.78 is 0. The Bertz CT molecular complexity index is 1040. The molecule has 0 saturated carbocycles. The molecular weight excluding hydrogens is 310 g/mol. The first-order valence-corrected chi connectivity index (χ1v) is 8.39. The molecule has 5 heteroatoms. The van der Waals surface area contributed by atoms with Gasteiger partial charge in [-0.1, -0.05) is 37.3 Å². The molecule has 0 atom stereocenters. The number of para-hydroxylation sites is 1. The first-order chi connectivity index (χ1) is 12.3. The molecule has 0 bridgehead atoms. The number of hydrogen-bond acceptors (Lipinski definition) is 3. The lowest BCUT2D eigenvalue weighted by atomic mass is 10.0. The van der Waals surface area contributed by atoms with E-state index in [0.29, 0.717) is 0 Å². The van der Waals surface area contributed by atoms with Crippen LogP contribution < -0.4 is 0 Å². The highest BCUT2D eigenvalue weighted by Crippen LogP contribution is 2.29. The van der Waals surface area contributed by atoms with Crippen molar-refractivity contribution in [2.75, 3.05) is 0 Å². The van der Waals surface area contributed by atoms with E-state index >= 15 is 0 Å². The van der Waals surface area contributed by atoms with Crippen LogP contribution >= 0.6 is 0 Å². The van der Waals surface area contributed by atoms with E-state index < -0.39 is 0 Å². The lowest BCUT2D eigenvalue weighted by Crippen LogP contribution is -1.92. The molecular formula is C20H19N5. The molecule has 0 aliphatic carbocycles. The van der Waals surface area contributed by atoms with E-state index in [1.165, 1.54) is 0 Å². The summed E-state index contributed by atoms with van der Waals surface area (Å²) >= 11 is 0. The quantitative estimate of drug-likeness (QED) is 0.579. The fourth-order valence-electron chi connectivity index (χ4n) is 3.06. The number of nitrogens with one attached hydrogen (secondary N) is 2. The molecule has 0 amide bonds. The molecule has 0 unspecified atom stereocenters. The number of imidazole rings is 1. The number of nitrogens with zero attached hydrogens (tertiary/aromatic N) is 3. The second-order valence-corrected chi connectivity index (χ2v) is 5.94. The SMILES string of the molecule is CC/C=C(/c1cccnc1)c1nc(-c2n[nH]c3ccccc23)[nH]c1C. The van der Waals surface area contributed by atoms with Gasteiger partial charge in [-0.15, -0.1) is 0 Å². The fourth-order valence-corrected chi connectivity index (χ4v) is 3.06. The number of benzene rings is 1. The Labute approximate surface area is 145 Å². The van der Waals surface area contributed by atoms with Crippen LogP contribution in [0.4, 0.5) is 0 Å². The van der Waals surface area contributed by atoms with Gasteiger partial charge in [0, 0.05) is 34.6 Å². The predicted octanol–water partition coefficient (Wildman–Crippen LogP) is 4.50. The van der Waals surface area contributed by atoms with Crippen molar-refractivity contribution in [2.24, 2.45) is 0 Å². The summed E-state index contributed by atoms with van der Waals surface area (Å²) in [5.74, 6) is 0.774. The number of aromatic amines is 2. The van der Waals surface area contributed by atoms with Gasteiger partial charge in [0.25, 0.3) is 0 Å². The van der Waals surface area contributed by atoms with Crippen molar-refractivity contribution < 1.29 is 0 Å². The van der Waals surface area contributed by atoms with Crippen molar-refractivity contribution in [2.45, 2.75) is 20.3 Å². The zero-order valence-electron chi connectivity index (χ0n) is 14.2. The molecule has 0 aliphatic rings. The minimum absolute atomic E-state index is 0.774. The second-order valence-electron chi connectivity index (χ2n) is 5.94. The number of fused-ring (bicyclic) bond motifs is 1. The highest BCUT2D eigenvalue weighted by molar-refractivity contribution is 5.91. The van der Waals surface area contributed by atoms with Gasteiger partial charge >= 0.3 is 0 Å². The molecule has 25 heavy (non-hydrogen) atoms. The molecule has 0 saturated heterocycles. The van der Waals surface area contributed by atoms with Crippen molar-refractivity contribution in [3.05, 3.63) is 71.8 Å². The first-order valence-electron chi connectivity index (χ1n) is 8.39. The van der Waals surface area contributed by atoms with Crippen LogP contribution in [0.3, 0.4) is 0 Å². The zero-order chi connectivity index (χ0) is 17.2. The van der Waals surface area contributed by atoms with Crippen LogP contribution in [0.5, 0.6) is 0 Å². The van der Waals surface area contributed by atoms with Crippen LogP contribution in [0, 0.1) is 6.92 Å². The smallest absolute Gasteiger partial charge is 0.159 e. The molecule has 0 fully saturated rings. The number of hydrogen-bond donors (Lipinski definition) is 2. The number of allylic oxidation sites excluding steroid dienone is 1. The number of pyridine rings is 1. The Morgan fingerprint density at radius 3 is 2.84 bits per heavy atom. The number of rotatable bonds is 4. The predicted molar refractivity (Wildman–Crippen MR) is 100 cm³/mol. The molecule has 4 rings (SSSR count). The van der Waals surface area contributed by atoms with Crippen LogP contribution in [0.25, 0.3) is 28.0 Å². The molecule has 3 aromatic heterocycles. The average Bonchev–Trinajstić information content (AvgIpc) is 3.24. The Morgan fingerprint density at radius 1 is 1.16 bits per heavy atom. The van der Waals surface area contributed by atoms with Gasteiger partial charge in [-0.2, -0.15) is 5.10 Å². The second kappa shape index (κ2) is 6.36. The summed E-state index contributed by atoms with van der Waals surface area (Å²) in [5, 5.41) is 8.57. The van der Waals surface area contributed by atoms with Gasteiger partial charge in [-0.05, 0) is 25.5 Å². The molecule has 1 aromatic carbocycles. The van der Waals surface area contributed by atoms with E-state index in [0.717, 1.165) is 51.4 Å². The number of aromatic nitrogens is 5. The van der Waals surface area contributed by atoms with Gasteiger partial charge in [0.05, 0.1) is 11.2 Å². The summed E-state index contributed by atoms with van der Waals surface area (Å²) in [6.45, 7) is 4.17. The number of aryl methyl sites for hydroxylation is 1. The van der Waals surface area contributed by atoms with Gasteiger partial charge in [0.15, 0.2) is 5.82 Å². The van der Waals surface area contributed by atoms with Crippen LogP contribution in [0.1, 0.15) is 30.3 Å². The Hall–Kier alpha value is -3.21. The lowest BCUT2D eigenvalue weighted by molar-refractivity contribution is 1.10. The topological polar surface area (TPSA) is 70.2 Å². The summed E-state index contributed by atoms with van der Waals surface area (Å²) in [6.07, 6.45) is 6.77. The van der Waals surface area contributed by atoms with Crippen molar-refractivity contribution in [1.82, 2.24) is 25.1 Å². The fraction of sp³-hybridized carbons (Fsp3) is 0.150. The van der Waals surface area contributed by atoms with Gasteiger partial charge in [0.2, 0.25) is 0 Å². The van der Waals surface area contributed by atoms with Gasteiger partial charge in [-0.25, -0.2) is 4.98 Å². The molecule has 0 radical (unpaired) electrons. The minimum atomic E-state index is 0.774. The summed E-state index contributed by atoms with van der Waals surface area (Å²) in [6, 6.07) is 12.1. The van der Waals surface area contributed by atoms with Crippen LogP contribution in [0.2, 0.25) is 0 Å². The van der Waals surface area contributed by atoms with E-state index in [4.69, 9.17) is 4.98 Å². The van der Waals surface area contributed by atoms with Crippen LogP contribution in [-0.2, 0) is 0 Å². The monoisotopic (exact) mass is 329 g/mol. The Morgan fingerprint density at radius 2 is 2.04 bits per heavy atom. The molecule has 2 N–H and O–H groups in total. The third-order valence-corrected chi connectivity index (χ3v) is 4.22. The molecule has 0 aliphatic heterocycles. The van der Waals surface area contributed by atoms with E-state index in [1.807, 2.05) is 37.4 Å². The third-order valence-electron chi connectivity index (χ3n) is 4.22. The molecule has 124 valence electrons. The maximum Gasteiger partial charge on any atom is 0.159 e. The number of H-pyrrole nitrogens is 2. The highest BCUT2D eigenvalue weighted by atomic mass is 15.1. The summed E-state index contributed by atoms with van der Waals surface area (Å²) in [4.78, 5) is 12.5. The largest absolute Gasteiger partial charge is 0.340 e. The summed E-state index contributed by atoms with van der Waals surface area (Å²) in [5.41, 5.74) is 5.96. The lowest BCUT2D eigenvalue weighted by Gasteiger charge is -2.05. The Balaban J connectivity index is 1.84. The minimum Gasteiger partial charge on any atom is -0.340 e. The van der Waals surface area contributed by atoms with Gasteiger partial charge in [0.1, 0.15) is 5.69 Å². The third kappa shape index (κ3) is 2.74. The van der Waals surface area contributed by atoms with Crippen LogP contribution in [0.15, 0.2) is 54.9 Å². The molecule has 0 spiro atoms. The highest BCUT2D eigenvalue weighted by Gasteiger charge is 2.17. The van der Waals surface area contributed by atoms with Crippen LogP contribution in [-0.4, -0.2) is 25.1 Å². The molecule has 3 heterocycles. The summed E-state index contributed by atoms with van der Waals surface area (Å²) in [7, 11) is 0. The van der Waals surface area contributed by atoms with E-state index in [-0.39, 0.29) is 0 Å². The Kier molecular flexibility index (Phi) is 3.90. The zero-order valence-corrected chi connectivity index (χ0v) is 14.2. The first kappa shape index (κ1) is 15.3.